The van der Waals surface area contributed by atoms with Crippen molar-refractivity contribution in [2.45, 2.75) is 56.6 Å². The van der Waals surface area contributed by atoms with E-state index in [4.69, 9.17) is 0 Å². The van der Waals surface area contributed by atoms with Gasteiger partial charge in [-0.2, -0.15) is 0 Å². The molecule has 0 spiro atoms. The van der Waals surface area contributed by atoms with Crippen molar-refractivity contribution < 1.29 is 43.9 Å². The van der Waals surface area contributed by atoms with Crippen molar-refractivity contribution in [1.29, 1.82) is 0 Å². The second-order valence-corrected chi connectivity index (χ2v) is 7.44. The van der Waals surface area contributed by atoms with Crippen molar-refractivity contribution in [3.63, 3.8) is 0 Å². The van der Waals surface area contributed by atoms with Crippen LogP contribution in [0.5, 0.6) is 0 Å². The van der Waals surface area contributed by atoms with E-state index in [-0.39, 0.29) is 26.8 Å². The van der Waals surface area contributed by atoms with Gasteiger partial charge in [0, 0.05) is 6.42 Å². The third-order valence-electron chi connectivity index (χ3n) is 6.27. The molecule has 4 unspecified atom stereocenters. The number of hydrogen-bond donors (Lipinski definition) is 0. The number of allylic oxidation sites excluding steroid dienone is 1. The van der Waals surface area contributed by atoms with Crippen LogP contribution < -0.4 is 0 Å². The molecule has 2 bridgehead atoms. The number of hydrogen-bond acceptors (Lipinski definition) is 0. The van der Waals surface area contributed by atoms with E-state index < -0.39 is 58.7 Å². The zero-order chi connectivity index (χ0) is 20.1. The monoisotopic (exact) mass is 386 g/mol. The lowest BCUT2D eigenvalue weighted by Gasteiger charge is -2.70. The third kappa shape index (κ3) is 1.48. The van der Waals surface area contributed by atoms with E-state index in [1.165, 1.54) is 0 Å². The molecule has 2 rings (SSSR count). The van der Waals surface area contributed by atoms with Crippen molar-refractivity contribution >= 4 is 0 Å². The molecule has 2 fully saturated rings. The first-order valence-electron chi connectivity index (χ1n) is 7.23. The molecule has 0 nitrogen and oxygen atoms in total. The van der Waals surface area contributed by atoms with E-state index in [1.807, 2.05) is 0 Å². The summed E-state index contributed by atoms with van der Waals surface area (Å²) in [5.74, 6) is -21.9. The number of rotatable bonds is 2. The molecule has 0 heterocycles. The lowest BCUT2D eigenvalue weighted by Crippen LogP contribution is -2.88. The molecule has 25 heavy (non-hydrogen) atoms. The molecule has 146 valence electrons. The molecule has 2 aliphatic carbocycles. The SMILES string of the molecule is C=CC12CC(C)(F)C(F)(F)C(C)(C(F)(F)C(C)(CF)C1(F)F)C2(F)F. The maximum Gasteiger partial charge on any atom is 0.298 e. The minimum absolute atomic E-state index is 0.00298. The van der Waals surface area contributed by atoms with Gasteiger partial charge in [0.1, 0.15) is 17.5 Å². The van der Waals surface area contributed by atoms with Crippen LogP contribution in [0.15, 0.2) is 12.7 Å². The summed E-state index contributed by atoms with van der Waals surface area (Å²) in [6.45, 7) is -0.290. The van der Waals surface area contributed by atoms with Crippen LogP contribution >= 0.6 is 0 Å². The van der Waals surface area contributed by atoms with Crippen LogP contribution in [0.4, 0.5) is 43.9 Å². The first-order chi connectivity index (χ1) is 10.8. The zero-order valence-electron chi connectivity index (χ0n) is 13.5. The Kier molecular flexibility index (Phi) is 3.64. The van der Waals surface area contributed by atoms with Gasteiger partial charge in [0.15, 0.2) is 11.1 Å². The summed E-state index contributed by atoms with van der Waals surface area (Å²) >= 11 is 0. The fourth-order valence-electron chi connectivity index (χ4n) is 4.35. The predicted octanol–water partition coefficient (Wildman–Crippen LogP) is 5.83. The fourth-order valence-corrected chi connectivity index (χ4v) is 4.35. The normalized spacial score (nSPS) is 49.5. The van der Waals surface area contributed by atoms with Gasteiger partial charge in [0.25, 0.3) is 23.7 Å². The number of halogens is 10. The second kappa shape index (κ2) is 4.47. The quantitative estimate of drug-likeness (QED) is 0.414. The average molecular weight is 386 g/mol. The van der Waals surface area contributed by atoms with E-state index >= 15 is 0 Å². The standard InChI is InChI=1S/C15H16F10/c1-5-11-6-9(3,17)14(22,23)10(4,15(11,24)25)12(18,19)8(2,7-16)13(11,20)21/h5H,1,6-7H2,2-4H3. The Morgan fingerprint density at radius 3 is 1.56 bits per heavy atom. The summed E-state index contributed by atoms with van der Waals surface area (Å²) in [7, 11) is 0. The fraction of sp³-hybridized carbons (Fsp3) is 0.867. The minimum Gasteiger partial charge on any atom is -0.250 e. The highest BCUT2D eigenvalue weighted by Gasteiger charge is 3.00. The largest absolute Gasteiger partial charge is 0.298 e. The van der Waals surface area contributed by atoms with Crippen LogP contribution in [0.3, 0.4) is 0 Å². The van der Waals surface area contributed by atoms with Crippen LogP contribution in [0, 0.1) is 16.2 Å². The molecule has 0 radical (unpaired) electrons. The van der Waals surface area contributed by atoms with E-state index in [1.54, 1.807) is 0 Å². The molecule has 4 atom stereocenters. The molecule has 0 aromatic rings. The van der Waals surface area contributed by atoms with Crippen LogP contribution in [0.1, 0.15) is 27.2 Å². The van der Waals surface area contributed by atoms with Gasteiger partial charge in [0.05, 0.1) is 0 Å². The van der Waals surface area contributed by atoms with Crippen molar-refractivity contribution in [1.82, 2.24) is 0 Å². The van der Waals surface area contributed by atoms with E-state index in [2.05, 4.69) is 6.58 Å². The first kappa shape index (κ1) is 20.4. The summed E-state index contributed by atoms with van der Waals surface area (Å²) < 4.78 is 146. The molecule has 0 N–H and O–H groups in total. The second-order valence-electron chi connectivity index (χ2n) is 7.44. The molecule has 0 aromatic carbocycles. The summed E-state index contributed by atoms with van der Waals surface area (Å²) in [4.78, 5) is 0. The number of alkyl halides is 10. The molecule has 2 aliphatic rings. The van der Waals surface area contributed by atoms with Crippen LogP contribution in [0.2, 0.25) is 0 Å². The Morgan fingerprint density at radius 1 is 0.760 bits per heavy atom. The topological polar surface area (TPSA) is 0 Å². The lowest BCUT2D eigenvalue weighted by atomic mass is 9.39. The van der Waals surface area contributed by atoms with Crippen molar-refractivity contribution in [2.24, 2.45) is 16.2 Å². The smallest absolute Gasteiger partial charge is 0.250 e. The summed E-state index contributed by atoms with van der Waals surface area (Å²) in [5, 5.41) is 0. The third-order valence-corrected chi connectivity index (χ3v) is 6.27. The maximum absolute atomic E-state index is 14.9. The van der Waals surface area contributed by atoms with Crippen LogP contribution in [-0.4, -0.2) is 36.0 Å². The molecule has 0 amide bonds. The Labute approximate surface area is 137 Å². The van der Waals surface area contributed by atoms with E-state index in [0.29, 0.717) is 0 Å². The molecule has 0 saturated heterocycles. The van der Waals surface area contributed by atoms with Gasteiger partial charge in [-0.3, -0.25) is 4.39 Å². The highest BCUT2D eigenvalue weighted by atomic mass is 19.3. The molecule has 0 aliphatic heterocycles. The van der Waals surface area contributed by atoms with Crippen molar-refractivity contribution in [2.75, 3.05) is 6.67 Å². The minimum atomic E-state index is -5.66. The Morgan fingerprint density at radius 2 is 1.20 bits per heavy atom. The Bertz CT molecular complexity index is 609. The summed E-state index contributed by atoms with van der Waals surface area (Å²) in [6.07, 6.45) is -2.39. The van der Waals surface area contributed by atoms with Gasteiger partial charge in [-0.05, 0) is 20.8 Å². The predicted molar refractivity (Wildman–Crippen MR) is 68.7 cm³/mol. The van der Waals surface area contributed by atoms with Crippen LogP contribution in [-0.2, 0) is 0 Å². The Balaban J connectivity index is 3.11. The summed E-state index contributed by atoms with van der Waals surface area (Å²) in [5.41, 5.74) is -17.4. The van der Waals surface area contributed by atoms with E-state index in [0.717, 1.165) is 0 Å². The molecular formula is C15H16F10. The van der Waals surface area contributed by atoms with Gasteiger partial charge in [-0.15, -0.1) is 6.58 Å². The van der Waals surface area contributed by atoms with Gasteiger partial charge in [0.2, 0.25) is 0 Å². The van der Waals surface area contributed by atoms with E-state index in [9.17, 15) is 43.9 Å². The van der Waals surface area contributed by atoms with Crippen molar-refractivity contribution in [3.05, 3.63) is 12.7 Å². The first-order valence-corrected chi connectivity index (χ1v) is 7.23. The average Bonchev–Trinajstić information content (AvgIpc) is 2.47. The molecule has 10 heteroatoms. The molecular weight excluding hydrogens is 370 g/mol. The zero-order valence-corrected chi connectivity index (χ0v) is 13.5. The highest BCUT2D eigenvalue weighted by molar-refractivity contribution is 5.37. The van der Waals surface area contributed by atoms with Crippen LogP contribution in [0.25, 0.3) is 0 Å². The van der Waals surface area contributed by atoms with Gasteiger partial charge < -0.3 is 0 Å². The van der Waals surface area contributed by atoms with Crippen molar-refractivity contribution in [3.8, 4) is 0 Å². The van der Waals surface area contributed by atoms with Gasteiger partial charge in [-0.25, -0.2) is 39.5 Å². The lowest BCUT2D eigenvalue weighted by molar-refractivity contribution is -0.491. The molecule has 2 saturated carbocycles. The maximum atomic E-state index is 14.9. The summed E-state index contributed by atoms with van der Waals surface area (Å²) in [6, 6.07) is 0. The number of fused-ring (bicyclic) bond motifs is 2. The van der Waals surface area contributed by atoms with Gasteiger partial charge in [-0.1, -0.05) is 6.08 Å². The Hall–Kier alpha value is -0.960. The highest BCUT2D eigenvalue weighted by Crippen LogP contribution is 2.83. The molecule has 0 aromatic heterocycles. The van der Waals surface area contributed by atoms with Gasteiger partial charge >= 0.3 is 0 Å².